The molecule has 3 rings (SSSR count). The van der Waals surface area contributed by atoms with Crippen molar-refractivity contribution in [1.82, 2.24) is 10.2 Å². The van der Waals surface area contributed by atoms with Gasteiger partial charge < -0.3 is 14.6 Å². The summed E-state index contributed by atoms with van der Waals surface area (Å²) in [5.74, 6) is -0.0378. The monoisotopic (exact) mass is 366 g/mol. The van der Waals surface area contributed by atoms with Crippen LogP contribution in [-0.4, -0.2) is 35.8 Å². The number of carbonyl (C=O) groups excluding carboxylic acids is 2. The van der Waals surface area contributed by atoms with Crippen LogP contribution in [0.2, 0.25) is 10.0 Å². The van der Waals surface area contributed by atoms with Crippen molar-refractivity contribution in [1.29, 1.82) is 0 Å². The number of hydrogen-bond donors (Lipinski definition) is 1. The predicted molar refractivity (Wildman–Crippen MR) is 91.6 cm³/mol. The summed E-state index contributed by atoms with van der Waals surface area (Å²) in [5.41, 5.74) is 0.359. The molecule has 24 heavy (non-hydrogen) atoms. The highest BCUT2D eigenvalue weighted by atomic mass is 35.5. The van der Waals surface area contributed by atoms with E-state index in [9.17, 15) is 9.59 Å². The standard InChI is InChI=1S/C17H16Cl2N2O3/c18-11-3-4-14(19)13(10-11)16(22)20-12-5-7-21(8-6-12)17(23)15-2-1-9-24-15/h1-4,9-10,12H,5-8H2,(H,20,22). The van der Waals surface area contributed by atoms with Gasteiger partial charge in [-0.05, 0) is 43.2 Å². The van der Waals surface area contributed by atoms with Crippen molar-refractivity contribution in [2.45, 2.75) is 18.9 Å². The summed E-state index contributed by atoms with van der Waals surface area (Å²) in [5, 5.41) is 3.78. The average molecular weight is 367 g/mol. The van der Waals surface area contributed by atoms with Gasteiger partial charge in [-0.1, -0.05) is 23.2 Å². The van der Waals surface area contributed by atoms with Crippen molar-refractivity contribution in [3.05, 3.63) is 58.0 Å². The minimum absolute atomic E-state index is 0.00630. The van der Waals surface area contributed by atoms with Crippen LogP contribution < -0.4 is 5.32 Å². The molecule has 0 radical (unpaired) electrons. The predicted octanol–water partition coefficient (Wildman–Crippen LogP) is 3.62. The quantitative estimate of drug-likeness (QED) is 0.901. The van der Waals surface area contributed by atoms with E-state index in [0.29, 0.717) is 47.3 Å². The van der Waals surface area contributed by atoms with Crippen LogP contribution in [-0.2, 0) is 0 Å². The first-order valence-electron chi connectivity index (χ1n) is 7.63. The Hall–Kier alpha value is -1.98. The fourth-order valence-corrected chi connectivity index (χ4v) is 3.09. The van der Waals surface area contributed by atoms with Crippen molar-refractivity contribution in [3.8, 4) is 0 Å². The molecule has 0 spiro atoms. The van der Waals surface area contributed by atoms with Gasteiger partial charge in [0.05, 0.1) is 16.8 Å². The SMILES string of the molecule is O=C(NC1CCN(C(=O)c2ccco2)CC1)c1cc(Cl)ccc1Cl. The van der Waals surface area contributed by atoms with Gasteiger partial charge in [-0.25, -0.2) is 0 Å². The zero-order valence-corrected chi connectivity index (χ0v) is 14.3. The van der Waals surface area contributed by atoms with Crippen LogP contribution in [0.25, 0.3) is 0 Å². The first kappa shape index (κ1) is 16.9. The summed E-state index contributed by atoms with van der Waals surface area (Å²) in [4.78, 5) is 26.3. The molecule has 1 aliphatic rings. The molecule has 2 aromatic rings. The third-order valence-corrected chi connectivity index (χ3v) is 4.59. The molecule has 1 saturated heterocycles. The molecule has 0 atom stereocenters. The molecule has 1 aliphatic heterocycles. The third-order valence-electron chi connectivity index (χ3n) is 4.02. The Kier molecular flexibility index (Phi) is 5.11. The summed E-state index contributed by atoms with van der Waals surface area (Å²) >= 11 is 12.0. The Balaban J connectivity index is 1.56. The van der Waals surface area contributed by atoms with Crippen LogP contribution in [0.4, 0.5) is 0 Å². The van der Waals surface area contributed by atoms with Crippen LogP contribution in [0.15, 0.2) is 41.0 Å². The minimum Gasteiger partial charge on any atom is -0.459 e. The van der Waals surface area contributed by atoms with Gasteiger partial charge >= 0.3 is 0 Å². The number of piperidine rings is 1. The number of likely N-dealkylation sites (tertiary alicyclic amines) is 1. The highest BCUT2D eigenvalue weighted by molar-refractivity contribution is 6.35. The molecule has 0 unspecified atom stereocenters. The number of carbonyl (C=O) groups is 2. The number of nitrogens with one attached hydrogen (secondary N) is 1. The van der Waals surface area contributed by atoms with Crippen molar-refractivity contribution in [3.63, 3.8) is 0 Å². The smallest absolute Gasteiger partial charge is 0.289 e. The molecule has 0 saturated carbocycles. The Morgan fingerprint density at radius 3 is 2.58 bits per heavy atom. The van der Waals surface area contributed by atoms with E-state index in [4.69, 9.17) is 27.6 Å². The Morgan fingerprint density at radius 2 is 1.92 bits per heavy atom. The third kappa shape index (κ3) is 3.74. The van der Waals surface area contributed by atoms with Gasteiger partial charge in [-0.3, -0.25) is 9.59 Å². The second-order valence-electron chi connectivity index (χ2n) is 5.64. The molecule has 1 aromatic heterocycles. The van der Waals surface area contributed by atoms with E-state index >= 15 is 0 Å². The van der Waals surface area contributed by atoms with Crippen molar-refractivity contribution >= 4 is 35.0 Å². The van der Waals surface area contributed by atoms with Gasteiger partial charge in [0, 0.05) is 24.2 Å². The number of furan rings is 1. The first-order valence-corrected chi connectivity index (χ1v) is 8.39. The fourth-order valence-electron chi connectivity index (χ4n) is 2.72. The van der Waals surface area contributed by atoms with Crippen LogP contribution in [0, 0.1) is 0 Å². The molecular weight excluding hydrogens is 351 g/mol. The number of benzene rings is 1. The lowest BCUT2D eigenvalue weighted by atomic mass is 10.0. The molecule has 2 heterocycles. The Labute approximate surface area is 149 Å². The second kappa shape index (κ2) is 7.28. The molecule has 126 valence electrons. The zero-order chi connectivity index (χ0) is 17.1. The number of hydrogen-bond acceptors (Lipinski definition) is 3. The van der Waals surface area contributed by atoms with E-state index in [1.807, 2.05) is 0 Å². The van der Waals surface area contributed by atoms with Crippen LogP contribution >= 0.6 is 23.2 Å². The van der Waals surface area contributed by atoms with Gasteiger partial charge in [0.1, 0.15) is 0 Å². The van der Waals surface area contributed by atoms with Crippen LogP contribution in [0.1, 0.15) is 33.8 Å². The van der Waals surface area contributed by atoms with E-state index in [1.54, 1.807) is 35.2 Å². The highest BCUT2D eigenvalue weighted by Gasteiger charge is 2.26. The van der Waals surface area contributed by atoms with E-state index in [-0.39, 0.29) is 17.9 Å². The highest BCUT2D eigenvalue weighted by Crippen LogP contribution is 2.21. The topological polar surface area (TPSA) is 62.6 Å². The largest absolute Gasteiger partial charge is 0.459 e. The molecule has 0 bridgehead atoms. The van der Waals surface area contributed by atoms with E-state index in [2.05, 4.69) is 5.32 Å². The maximum Gasteiger partial charge on any atom is 0.289 e. The molecular formula is C17H16Cl2N2O3. The summed E-state index contributed by atoms with van der Waals surface area (Å²) in [6.45, 7) is 1.13. The van der Waals surface area contributed by atoms with Crippen molar-refractivity contribution in [2.75, 3.05) is 13.1 Å². The summed E-state index contributed by atoms with van der Waals surface area (Å²) < 4.78 is 5.13. The maximum absolute atomic E-state index is 12.3. The lowest BCUT2D eigenvalue weighted by Crippen LogP contribution is -2.46. The van der Waals surface area contributed by atoms with Gasteiger partial charge in [0.2, 0.25) is 0 Å². The normalized spacial score (nSPS) is 15.3. The maximum atomic E-state index is 12.3. The van der Waals surface area contributed by atoms with E-state index < -0.39 is 0 Å². The number of halogens is 2. The van der Waals surface area contributed by atoms with Crippen LogP contribution in [0.3, 0.4) is 0 Å². The first-order chi connectivity index (χ1) is 11.5. The molecule has 0 aliphatic carbocycles. The van der Waals surface area contributed by atoms with Crippen molar-refractivity contribution < 1.29 is 14.0 Å². The van der Waals surface area contributed by atoms with E-state index in [1.165, 1.54) is 6.26 Å². The number of rotatable bonds is 3. The van der Waals surface area contributed by atoms with Crippen molar-refractivity contribution in [2.24, 2.45) is 0 Å². The molecule has 1 N–H and O–H groups in total. The van der Waals surface area contributed by atoms with Gasteiger partial charge in [-0.2, -0.15) is 0 Å². The number of amides is 2. The Morgan fingerprint density at radius 1 is 1.17 bits per heavy atom. The van der Waals surface area contributed by atoms with Gasteiger partial charge in [0.25, 0.3) is 11.8 Å². The fraction of sp³-hybridized carbons (Fsp3) is 0.294. The molecule has 5 nitrogen and oxygen atoms in total. The lowest BCUT2D eigenvalue weighted by Gasteiger charge is -2.32. The van der Waals surface area contributed by atoms with E-state index in [0.717, 1.165) is 0 Å². The zero-order valence-electron chi connectivity index (χ0n) is 12.8. The number of nitrogens with zero attached hydrogens (tertiary/aromatic N) is 1. The van der Waals surface area contributed by atoms with Gasteiger partial charge in [0.15, 0.2) is 5.76 Å². The molecule has 7 heteroatoms. The minimum atomic E-state index is -0.252. The van der Waals surface area contributed by atoms with Crippen LogP contribution in [0.5, 0.6) is 0 Å². The molecule has 1 aromatic carbocycles. The molecule has 1 fully saturated rings. The molecule has 2 amide bonds. The van der Waals surface area contributed by atoms with Gasteiger partial charge in [-0.15, -0.1) is 0 Å². The Bertz CT molecular complexity index is 738. The lowest BCUT2D eigenvalue weighted by molar-refractivity contribution is 0.0667. The summed E-state index contributed by atoms with van der Waals surface area (Å²) in [7, 11) is 0. The second-order valence-corrected chi connectivity index (χ2v) is 6.49. The summed E-state index contributed by atoms with van der Waals surface area (Å²) in [6.07, 6.45) is 2.84. The summed E-state index contributed by atoms with van der Waals surface area (Å²) in [6, 6.07) is 8.12. The average Bonchev–Trinajstić information content (AvgIpc) is 3.11.